The lowest BCUT2D eigenvalue weighted by molar-refractivity contribution is 0.357. The summed E-state index contributed by atoms with van der Waals surface area (Å²) in [6, 6.07) is 20.2. The fourth-order valence-corrected chi connectivity index (χ4v) is 6.54. The number of fused-ring (bicyclic) bond motifs is 1. The smallest absolute Gasteiger partial charge is 0.127 e. The molecule has 4 rings (SSSR count). The molecule has 1 saturated carbocycles. The lowest BCUT2D eigenvalue weighted by Gasteiger charge is -2.27. The molecule has 2 aliphatic rings. The highest BCUT2D eigenvalue weighted by molar-refractivity contribution is 6.89. The molecule has 2 aromatic carbocycles. The van der Waals surface area contributed by atoms with Gasteiger partial charge in [0, 0.05) is 0 Å². The molecular weight excluding hydrogens is 324 g/mol. The van der Waals surface area contributed by atoms with Gasteiger partial charge in [-0.3, -0.25) is 0 Å². The number of benzene rings is 2. The maximum absolute atomic E-state index is 5.92. The molecule has 1 saturated heterocycles. The normalized spacial score (nSPS) is 25.3. The van der Waals surface area contributed by atoms with Crippen LogP contribution in [0.25, 0.3) is 0 Å². The third-order valence-corrected chi connectivity index (χ3v) is 9.34. The average Bonchev–Trinajstić information content (AvgIpc) is 3.40. The minimum atomic E-state index is -1.38. The Morgan fingerprint density at radius 2 is 1.64 bits per heavy atom. The standard InChI is InChI=1S/C22H28O2Si/c1-25(2,15-14-17-8-13-21-22(16-17)24-21)20-11-9-19(10-12-20)23-18-6-4-3-5-7-18/h3-7,9-12,17,21-22H,8,13-16H2,1-2H3. The van der Waals surface area contributed by atoms with Crippen molar-refractivity contribution in [1.82, 2.24) is 0 Å². The van der Waals surface area contributed by atoms with Crippen LogP contribution in [0.2, 0.25) is 19.1 Å². The van der Waals surface area contributed by atoms with E-state index in [1.807, 2.05) is 30.3 Å². The molecule has 3 atom stereocenters. The summed E-state index contributed by atoms with van der Waals surface area (Å²) in [5.41, 5.74) is 0. The van der Waals surface area contributed by atoms with Gasteiger partial charge in [0.1, 0.15) is 11.5 Å². The first-order valence-electron chi connectivity index (χ1n) is 9.59. The molecule has 2 nitrogen and oxygen atoms in total. The molecule has 3 unspecified atom stereocenters. The molecule has 0 amide bonds. The Morgan fingerprint density at radius 1 is 0.920 bits per heavy atom. The van der Waals surface area contributed by atoms with Gasteiger partial charge in [-0.1, -0.05) is 61.1 Å². The van der Waals surface area contributed by atoms with Crippen LogP contribution in [0.1, 0.15) is 25.7 Å². The maximum atomic E-state index is 5.92. The quantitative estimate of drug-likeness (QED) is 0.516. The SMILES string of the molecule is C[Si](C)(CCC1CCC2OC2C1)c1ccc(Oc2ccccc2)cc1. The van der Waals surface area contributed by atoms with Crippen molar-refractivity contribution in [3.63, 3.8) is 0 Å². The first-order chi connectivity index (χ1) is 12.1. The monoisotopic (exact) mass is 352 g/mol. The van der Waals surface area contributed by atoms with Crippen LogP contribution >= 0.6 is 0 Å². The molecule has 0 radical (unpaired) electrons. The van der Waals surface area contributed by atoms with Gasteiger partial charge in [-0.15, -0.1) is 0 Å². The zero-order chi connectivity index (χ0) is 17.3. The number of hydrogen-bond donors (Lipinski definition) is 0. The van der Waals surface area contributed by atoms with Gasteiger partial charge in [-0.25, -0.2) is 0 Å². The highest BCUT2D eigenvalue weighted by atomic mass is 28.3. The maximum Gasteiger partial charge on any atom is 0.127 e. The molecule has 0 bridgehead atoms. The van der Waals surface area contributed by atoms with Crippen molar-refractivity contribution < 1.29 is 9.47 Å². The summed E-state index contributed by atoms with van der Waals surface area (Å²) in [6.07, 6.45) is 6.57. The van der Waals surface area contributed by atoms with E-state index < -0.39 is 8.07 Å². The van der Waals surface area contributed by atoms with Crippen LogP contribution in [0.15, 0.2) is 54.6 Å². The van der Waals surface area contributed by atoms with E-state index in [1.165, 1.54) is 36.9 Å². The molecule has 1 aliphatic carbocycles. The number of epoxide rings is 1. The summed E-state index contributed by atoms with van der Waals surface area (Å²) in [6.45, 7) is 5.00. The van der Waals surface area contributed by atoms with Crippen LogP contribution in [-0.4, -0.2) is 20.3 Å². The van der Waals surface area contributed by atoms with Crippen molar-refractivity contribution in [2.24, 2.45) is 5.92 Å². The summed E-state index contributed by atoms with van der Waals surface area (Å²) in [5.74, 6) is 2.70. The van der Waals surface area contributed by atoms with Crippen LogP contribution in [0.4, 0.5) is 0 Å². The van der Waals surface area contributed by atoms with Gasteiger partial charge < -0.3 is 9.47 Å². The summed E-state index contributed by atoms with van der Waals surface area (Å²) in [7, 11) is -1.38. The van der Waals surface area contributed by atoms with Crippen molar-refractivity contribution in [2.75, 3.05) is 0 Å². The van der Waals surface area contributed by atoms with E-state index in [2.05, 4.69) is 37.4 Å². The Morgan fingerprint density at radius 3 is 2.36 bits per heavy atom. The molecule has 0 aromatic heterocycles. The first-order valence-corrected chi connectivity index (χ1v) is 12.8. The molecule has 2 fully saturated rings. The lowest BCUT2D eigenvalue weighted by Crippen LogP contribution is -2.41. The van der Waals surface area contributed by atoms with Crippen LogP contribution in [0.3, 0.4) is 0 Å². The molecule has 0 N–H and O–H groups in total. The van der Waals surface area contributed by atoms with E-state index in [0.29, 0.717) is 12.2 Å². The fraction of sp³-hybridized carbons (Fsp3) is 0.455. The predicted octanol–water partition coefficient (Wildman–Crippen LogP) is 5.35. The summed E-state index contributed by atoms with van der Waals surface area (Å²) >= 11 is 0. The molecule has 1 aliphatic heterocycles. The summed E-state index contributed by atoms with van der Waals surface area (Å²) in [4.78, 5) is 0. The second-order valence-corrected chi connectivity index (χ2v) is 13.1. The van der Waals surface area contributed by atoms with E-state index >= 15 is 0 Å². The van der Waals surface area contributed by atoms with Crippen molar-refractivity contribution in [2.45, 2.75) is 57.0 Å². The van der Waals surface area contributed by atoms with E-state index in [4.69, 9.17) is 9.47 Å². The molecule has 0 spiro atoms. The molecule has 132 valence electrons. The van der Waals surface area contributed by atoms with Gasteiger partial charge in [0.2, 0.25) is 0 Å². The van der Waals surface area contributed by atoms with Crippen molar-refractivity contribution in [3.8, 4) is 11.5 Å². The van der Waals surface area contributed by atoms with Crippen molar-refractivity contribution in [3.05, 3.63) is 54.6 Å². The molecule has 2 aromatic rings. The summed E-state index contributed by atoms with van der Waals surface area (Å²) < 4.78 is 11.6. The largest absolute Gasteiger partial charge is 0.457 e. The third kappa shape index (κ3) is 4.16. The second-order valence-electron chi connectivity index (χ2n) is 8.25. The zero-order valence-electron chi connectivity index (χ0n) is 15.3. The first kappa shape index (κ1) is 16.9. The van der Waals surface area contributed by atoms with E-state index in [9.17, 15) is 0 Å². The number of hydrogen-bond acceptors (Lipinski definition) is 2. The van der Waals surface area contributed by atoms with Crippen molar-refractivity contribution in [1.29, 1.82) is 0 Å². The van der Waals surface area contributed by atoms with Crippen LogP contribution < -0.4 is 9.92 Å². The van der Waals surface area contributed by atoms with Gasteiger partial charge in [0.15, 0.2) is 0 Å². The Bertz CT molecular complexity index is 696. The lowest BCUT2D eigenvalue weighted by atomic mass is 9.87. The second kappa shape index (κ2) is 6.97. The minimum absolute atomic E-state index is 0.609. The highest BCUT2D eigenvalue weighted by Crippen LogP contribution is 2.41. The number of ether oxygens (including phenoxy) is 2. The molecule has 3 heteroatoms. The van der Waals surface area contributed by atoms with Crippen LogP contribution in [0.5, 0.6) is 11.5 Å². The number of para-hydroxylation sites is 1. The Hall–Kier alpha value is -1.58. The van der Waals surface area contributed by atoms with Gasteiger partial charge in [0.25, 0.3) is 0 Å². The molecule has 25 heavy (non-hydrogen) atoms. The van der Waals surface area contributed by atoms with E-state index in [0.717, 1.165) is 17.4 Å². The Labute approximate surface area is 152 Å². The zero-order valence-corrected chi connectivity index (χ0v) is 16.3. The van der Waals surface area contributed by atoms with Gasteiger partial charge in [-0.05, 0) is 49.4 Å². The average molecular weight is 353 g/mol. The predicted molar refractivity (Wildman–Crippen MR) is 106 cm³/mol. The summed E-state index contributed by atoms with van der Waals surface area (Å²) in [5, 5.41) is 1.53. The van der Waals surface area contributed by atoms with Crippen LogP contribution in [0, 0.1) is 5.92 Å². The topological polar surface area (TPSA) is 21.8 Å². The molecular formula is C22H28O2Si. The van der Waals surface area contributed by atoms with E-state index in [1.54, 1.807) is 0 Å². The Kier molecular flexibility index (Phi) is 4.70. The minimum Gasteiger partial charge on any atom is -0.457 e. The van der Waals surface area contributed by atoms with Gasteiger partial charge in [0.05, 0.1) is 20.3 Å². The number of rotatable bonds is 6. The fourth-order valence-electron chi connectivity index (χ4n) is 4.06. The Balaban J connectivity index is 1.34. The van der Waals surface area contributed by atoms with Crippen LogP contribution in [-0.2, 0) is 4.74 Å². The highest BCUT2D eigenvalue weighted by Gasteiger charge is 2.43. The molecule has 1 heterocycles. The van der Waals surface area contributed by atoms with Gasteiger partial charge in [-0.2, -0.15) is 0 Å². The van der Waals surface area contributed by atoms with Gasteiger partial charge >= 0.3 is 0 Å². The third-order valence-electron chi connectivity index (χ3n) is 5.91. The van der Waals surface area contributed by atoms with Crippen molar-refractivity contribution >= 4 is 13.3 Å². The van der Waals surface area contributed by atoms with E-state index in [-0.39, 0.29) is 0 Å².